The molecule has 0 fully saturated rings. The van der Waals surface area contributed by atoms with E-state index < -0.39 is 0 Å². The van der Waals surface area contributed by atoms with Crippen molar-refractivity contribution < 1.29 is 19.0 Å². The normalized spacial score (nSPS) is 9.52. The molecule has 0 atom stereocenters. The molecule has 6 nitrogen and oxygen atoms in total. The molecular weight excluding hydrogens is 296 g/mol. The molecule has 0 unspecified atom stereocenters. The Morgan fingerprint density at radius 1 is 1.05 bits per heavy atom. The largest absolute Gasteiger partial charge is 0.493 e. The van der Waals surface area contributed by atoms with Gasteiger partial charge in [-0.05, 0) is 32.1 Å². The maximum absolute atomic E-state index is 12.1. The summed E-state index contributed by atoms with van der Waals surface area (Å²) in [5.74, 6) is 1.24. The SMILES string of the molecule is CNCCCNC(=O)c1cc(OC)c(OC)c(OC)c1.Cl. The van der Waals surface area contributed by atoms with Crippen molar-refractivity contribution >= 4 is 18.3 Å². The number of nitrogens with one attached hydrogen (secondary N) is 2. The van der Waals surface area contributed by atoms with Crippen LogP contribution in [0, 0.1) is 0 Å². The highest BCUT2D eigenvalue weighted by atomic mass is 35.5. The highest BCUT2D eigenvalue weighted by Crippen LogP contribution is 2.38. The van der Waals surface area contributed by atoms with Gasteiger partial charge in [0.25, 0.3) is 5.91 Å². The minimum Gasteiger partial charge on any atom is -0.493 e. The topological polar surface area (TPSA) is 68.8 Å². The van der Waals surface area contributed by atoms with Gasteiger partial charge in [-0.3, -0.25) is 4.79 Å². The van der Waals surface area contributed by atoms with E-state index in [-0.39, 0.29) is 18.3 Å². The number of carbonyl (C=O) groups is 1. The minimum absolute atomic E-state index is 0. The fraction of sp³-hybridized carbons (Fsp3) is 0.500. The van der Waals surface area contributed by atoms with Crippen molar-refractivity contribution in [3.05, 3.63) is 17.7 Å². The zero-order valence-corrected chi connectivity index (χ0v) is 13.6. The van der Waals surface area contributed by atoms with E-state index in [1.54, 1.807) is 12.1 Å². The number of benzene rings is 1. The van der Waals surface area contributed by atoms with Crippen molar-refractivity contribution in [3.63, 3.8) is 0 Å². The standard InChI is InChI=1S/C14H22N2O4.ClH/c1-15-6-5-7-16-14(17)10-8-11(18-2)13(20-4)12(9-10)19-3;/h8-9,15H,5-7H2,1-4H3,(H,16,17);1H. The lowest BCUT2D eigenvalue weighted by Crippen LogP contribution is -2.26. The van der Waals surface area contributed by atoms with E-state index in [2.05, 4.69) is 10.6 Å². The van der Waals surface area contributed by atoms with Gasteiger partial charge in [0.2, 0.25) is 5.75 Å². The van der Waals surface area contributed by atoms with Crippen molar-refractivity contribution in [3.8, 4) is 17.2 Å². The zero-order chi connectivity index (χ0) is 15.0. The number of methoxy groups -OCH3 is 3. The molecule has 1 aromatic carbocycles. The monoisotopic (exact) mass is 318 g/mol. The summed E-state index contributed by atoms with van der Waals surface area (Å²) >= 11 is 0. The van der Waals surface area contributed by atoms with Crippen LogP contribution in [0.4, 0.5) is 0 Å². The van der Waals surface area contributed by atoms with Crippen molar-refractivity contribution in [2.24, 2.45) is 0 Å². The molecule has 1 aromatic rings. The molecule has 21 heavy (non-hydrogen) atoms. The fourth-order valence-corrected chi connectivity index (χ4v) is 1.78. The Bertz CT molecular complexity index is 430. The maximum Gasteiger partial charge on any atom is 0.251 e. The Morgan fingerprint density at radius 3 is 2.05 bits per heavy atom. The molecule has 0 radical (unpaired) electrons. The molecule has 0 aromatic heterocycles. The average molecular weight is 319 g/mol. The van der Waals surface area contributed by atoms with Crippen LogP contribution in [0.1, 0.15) is 16.8 Å². The third-order valence-corrected chi connectivity index (χ3v) is 2.82. The number of hydrogen-bond donors (Lipinski definition) is 2. The highest BCUT2D eigenvalue weighted by Gasteiger charge is 2.16. The molecule has 0 heterocycles. The van der Waals surface area contributed by atoms with Gasteiger partial charge in [0.1, 0.15) is 0 Å². The second kappa shape index (κ2) is 10.1. The molecule has 0 bridgehead atoms. The Kier molecular flexibility index (Phi) is 9.32. The van der Waals surface area contributed by atoms with Gasteiger partial charge in [0.15, 0.2) is 11.5 Å². The molecule has 0 saturated heterocycles. The third-order valence-electron chi connectivity index (χ3n) is 2.82. The van der Waals surface area contributed by atoms with Gasteiger partial charge >= 0.3 is 0 Å². The van der Waals surface area contributed by atoms with Gasteiger partial charge in [-0.25, -0.2) is 0 Å². The van der Waals surface area contributed by atoms with Crippen LogP contribution in [-0.2, 0) is 0 Å². The summed E-state index contributed by atoms with van der Waals surface area (Å²) in [6, 6.07) is 3.27. The van der Waals surface area contributed by atoms with Crippen LogP contribution in [0.15, 0.2) is 12.1 Å². The van der Waals surface area contributed by atoms with Crippen LogP contribution < -0.4 is 24.8 Å². The van der Waals surface area contributed by atoms with Crippen molar-refractivity contribution in [2.45, 2.75) is 6.42 Å². The quantitative estimate of drug-likeness (QED) is 0.711. The Morgan fingerprint density at radius 2 is 1.62 bits per heavy atom. The summed E-state index contributed by atoms with van der Waals surface area (Å²) in [6.07, 6.45) is 0.868. The average Bonchev–Trinajstić information content (AvgIpc) is 2.49. The van der Waals surface area contributed by atoms with E-state index in [9.17, 15) is 4.79 Å². The van der Waals surface area contributed by atoms with E-state index in [1.165, 1.54) is 21.3 Å². The summed E-state index contributed by atoms with van der Waals surface area (Å²) < 4.78 is 15.7. The first kappa shape index (κ1) is 19.3. The molecule has 120 valence electrons. The molecule has 2 N–H and O–H groups in total. The summed E-state index contributed by atoms with van der Waals surface area (Å²) in [6.45, 7) is 1.46. The van der Waals surface area contributed by atoms with Crippen LogP contribution >= 0.6 is 12.4 Å². The van der Waals surface area contributed by atoms with E-state index in [0.29, 0.717) is 29.4 Å². The molecule has 0 saturated carbocycles. The van der Waals surface area contributed by atoms with Gasteiger partial charge in [-0.1, -0.05) is 0 Å². The van der Waals surface area contributed by atoms with Crippen LogP contribution in [0.5, 0.6) is 17.2 Å². The van der Waals surface area contributed by atoms with Crippen LogP contribution in [0.3, 0.4) is 0 Å². The number of amides is 1. The van der Waals surface area contributed by atoms with Crippen LogP contribution in [0.25, 0.3) is 0 Å². The molecule has 0 aliphatic carbocycles. The van der Waals surface area contributed by atoms with E-state index in [4.69, 9.17) is 14.2 Å². The lowest BCUT2D eigenvalue weighted by atomic mass is 10.1. The second-order valence-electron chi connectivity index (χ2n) is 4.13. The Hall–Kier alpha value is -1.66. The number of carbonyl (C=O) groups excluding carboxylic acids is 1. The smallest absolute Gasteiger partial charge is 0.251 e. The summed E-state index contributed by atoms with van der Waals surface area (Å²) in [5.41, 5.74) is 0.476. The van der Waals surface area contributed by atoms with Crippen molar-refractivity contribution in [1.29, 1.82) is 0 Å². The van der Waals surface area contributed by atoms with Gasteiger partial charge < -0.3 is 24.8 Å². The Labute approximate surface area is 131 Å². The number of rotatable bonds is 8. The predicted octanol–water partition coefficient (Wildman–Crippen LogP) is 1.47. The number of ether oxygens (including phenoxy) is 3. The second-order valence-corrected chi connectivity index (χ2v) is 4.13. The van der Waals surface area contributed by atoms with Gasteiger partial charge in [-0.2, -0.15) is 0 Å². The van der Waals surface area contributed by atoms with Gasteiger partial charge in [0, 0.05) is 12.1 Å². The lowest BCUT2D eigenvalue weighted by Gasteiger charge is -2.14. The van der Waals surface area contributed by atoms with E-state index in [1.807, 2.05) is 7.05 Å². The molecular formula is C14H23ClN2O4. The fourth-order valence-electron chi connectivity index (χ4n) is 1.78. The first-order valence-corrected chi connectivity index (χ1v) is 6.40. The van der Waals surface area contributed by atoms with Crippen molar-refractivity contribution in [2.75, 3.05) is 41.5 Å². The summed E-state index contributed by atoms with van der Waals surface area (Å²) in [4.78, 5) is 12.1. The van der Waals surface area contributed by atoms with Gasteiger partial charge in [0.05, 0.1) is 21.3 Å². The molecule has 0 aliphatic heterocycles. The predicted molar refractivity (Wildman–Crippen MR) is 84.2 cm³/mol. The Balaban J connectivity index is 0.00000400. The lowest BCUT2D eigenvalue weighted by molar-refractivity contribution is 0.0952. The summed E-state index contributed by atoms with van der Waals surface area (Å²) in [5, 5.41) is 5.87. The van der Waals surface area contributed by atoms with E-state index in [0.717, 1.165) is 13.0 Å². The first-order valence-electron chi connectivity index (χ1n) is 6.40. The third kappa shape index (κ3) is 5.32. The summed E-state index contributed by atoms with van der Waals surface area (Å²) in [7, 11) is 6.44. The number of hydrogen-bond acceptors (Lipinski definition) is 5. The molecule has 0 aliphatic rings. The molecule has 1 amide bonds. The van der Waals surface area contributed by atoms with Crippen molar-refractivity contribution in [1.82, 2.24) is 10.6 Å². The van der Waals surface area contributed by atoms with Crippen LogP contribution in [-0.4, -0.2) is 47.4 Å². The molecule has 7 heteroatoms. The zero-order valence-electron chi connectivity index (χ0n) is 12.8. The maximum atomic E-state index is 12.1. The first-order chi connectivity index (χ1) is 9.67. The minimum atomic E-state index is -0.166. The number of halogens is 1. The van der Waals surface area contributed by atoms with E-state index >= 15 is 0 Å². The molecule has 0 spiro atoms. The highest BCUT2D eigenvalue weighted by molar-refractivity contribution is 5.95. The molecule has 1 rings (SSSR count). The van der Waals surface area contributed by atoms with Crippen LogP contribution in [0.2, 0.25) is 0 Å². The van der Waals surface area contributed by atoms with Gasteiger partial charge in [-0.15, -0.1) is 12.4 Å².